The number of rotatable bonds is 9. The van der Waals surface area contributed by atoms with Crippen molar-refractivity contribution in [3.8, 4) is 11.4 Å². The fraction of sp³-hybridized carbons (Fsp3) is 0.469. The number of hydrogen-bond donors (Lipinski definition) is 2. The molecular formula is C32H42N6O5S2. The molecule has 1 aliphatic heterocycles. The highest BCUT2D eigenvalue weighted by Gasteiger charge is 2.30. The van der Waals surface area contributed by atoms with Crippen LogP contribution in [-0.4, -0.2) is 82.7 Å². The number of carbonyl (C=O) groups is 3. The van der Waals surface area contributed by atoms with Gasteiger partial charge in [0.05, 0.1) is 23.2 Å². The van der Waals surface area contributed by atoms with Gasteiger partial charge in [0, 0.05) is 31.5 Å². The smallest absolute Gasteiger partial charge is 0.243 e. The first-order chi connectivity index (χ1) is 21.6. The monoisotopic (exact) mass is 654 g/mol. The molecule has 2 atom stereocenters. The van der Waals surface area contributed by atoms with Crippen molar-refractivity contribution in [1.29, 1.82) is 0 Å². The maximum Gasteiger partial charge on any atom is 0.243 e. The average Bonchev–Trinajstić information content (AvgIpc) is 3.46. The van der Waals surface area contributed by atoms with Crippen molar-refractivity contribution >= 4 is 39.3 Å². The Morgan fingerprint density at radius 3 is 2.36 bits per heavy atom. The summed E-state index contributed by atoms with van der Waals surface area (Å²) in [5, 5.41) is 10.8. The van der Waals surface area contributed by atoms with Gasteiger partial charge in [0.2, 0.25) is 17.7 Å². The number of hydrogen-bond acceptors (Lipinski definition) is 8. The van der Waals surface area contributed by atoms with Crippen LogP contribution in [0.2, 0.25) is 0 Å². The van der Waals surface area contributed by atoms with Gasteiger partial charge in [-0.25, -0.2) is 18.1 Å². The molecule has 2 heterocycles. The standard InChI is InChI=1S/C32H42N6O5S2/c1-23(2)29-31-35-30(24-11-6-4-7-12-24)36-38(31)20-19-37(28(40)17-22-45(42,43)25-13-8-5-9-14-25)18-10-15-27(39)33-26(16-21-44-3)32(41)34-29/h4-9,11-14,23,26,29H,10,15-22H2,1-3H3,(H,33,39)(H,34,41)/t26-,29+/m0/s1. The number of nitrogens with zero attached hydrogens (tertiary/aromatic N) is 4. The van der Waals surface area contributed by atoms with Crippen molar-refractivity contribution in [1.82, 2.24) is 30.3 Å². The van der Waals surface area contributed by atoms with Crippen molar-refractivity contribution in [2.75, 3.05) is 30.9 Å². The van der Waals surface area contributed by atoms with E-state index < -0.39 is 21.9 Å². The fourth-order valence-electron chi connectivity index (χ4n) is 5.15. The molecule has 3 amide bonds. The van der Waals surface area contributed by atoms with Crippen molar-refractivity contribution in [2.24, 2.45) is 5.92 Å². The first kappa shape index (κ1) is 34.2. The van der Waals surface area contributed by atoms with E-state index in [1.54, 1.807) is 39.5 Å². The van der Waals surface area contributed by atoms with Crippen molar-refractivity contribution in [3.63, 3.8) is 0 Å². The summed E-state index contributed by atoms with van der Waals surface area (Å²) in [4.78, 5) is 46.6. The molecule has 2 aromatic carbocycles. The Morgan fingerprint density at radius 2 is 1.69 bits per heavy atom. The van der Waals surface area contributed by atoms with Crippen LogP contribution in [0.4, 0.5) is 0 Å². The SMILES string of the molecule is CSCC[C@@H]1NC(=O)CCCN(C(=O)CCS(=O)(=O)c2ccccc2)CCn2nc(-c3ccccc3)nc2[C@@H](C(C)C)NC1=O. The molecule has 11 nitrogen and oxygen atoms in total. The van der Waals surface area contributed by atoms with Crippen LogP contribution in [0.5, 0.6) is 0 Å². The molecule has 0 aliphatic carbocycles. The predicted molar refractivity (Wildman–Crippen MR) is 175 cm³/mol. The largest absolute Gasteiger partial charge is 0.344 e. The van der Waals surface area contributed by atoms with Crippen LogP contribution in [0, 0.1) is 5.92 Å². The van der Waals surface area contributed by atoms with Crippen LogP contribution < -0.4 is 10.6 Å². The van der Waals surface area contributed by atoms with Gasteiger partial charge >= 0.3 is 0 Å². The van der Waals surface area contributed by atoms with Crippen LogP contribution >= 0.6 is 11.8 Å². The number of amides is 3. The van der Waals surface area contributed by atoms with Crippen LogP contribution in [0.15, 0.2) is 65.6 Å². The molecule has 2 N–H and O–H groups in total. The quantitative estimate of drug-likeness (QED) is 0.357. The minimum absolute atomic E-state index is 0.0636. The Labute approximate surface area is 269 Å². The van der Waals surface area contributed by atoms with Crippen molar-refractivity contribution in [3.05, 3.63) is 66.5 Å². The Bertz CT molecular complexity index is 1550. The van der Waals surface area contributed by atoms with E-state index in [9.17, 15) is 22.8 Å². The topological polar surface area (TPSA) is 143 Å². The second-order valence-electron chi connectivity index (χ2n) is 11.4. The molecule has 3 aromatic rings. The van der Waals surface area contributed by atoms with Gasteiger partial charge in [0.25, 0.3) is 0 Å². The van der Waals surface area contributed by atoms with Crippen LogP contribution in [0.1, 0.15) is 51.4 Å². The second kappa shape index (κ2) is 16.0. The van der Waals surface area contributed by atoms with E-state index in [1.165, 1.54) is 12.1 Å². The Balaban J connectivity index is 1.65. The molecule has 0 bridgehead atoms. The maximum atomic E-state index is 13.5. The van der Waals surface area contributed by atoms with Gasteiger partial charge in [0.1, 0.15) is 6.04 Å². The zero-order chi connectivity index (χ0) is 32.4. The summed E-state index contributed by atoms with van der Waals surface area (Å²) in [6.07, 6.45) is 2.70. The van der Waals surface area contributed by atoms with Gasteiger partial charge in [-0.1, -0.05) is 62.4 Å². The molecule has 242 valence electrons. The van der Waals surface area contributed by atoms with E-state index in [0.29, 0.717) is 30.2 Å². The van der Waals surface area contributed by atoms with E-state index in [4.69, 9.17) is 10.1 Å². The second-order valence-corrected chi connectivity index (χ2v) is 14.5. The molecular weight excluding hydrogens is 613 g/mol. The average molecular weight is 655 g/mol. The first-order valence-electron chi connectivity index (χ1n) is 15.2. The highest BCUT2D eigenvalue weighted by atomic mass is 32.2. The first-order valence-corrected chi connectivity index (χ1v) is 18.3. The number of nitrogens with one attached hydrogen (secondary N) is 2. The van der Waals surface area contributed by atoms with Crippen LogP contribution in [0.3, 0.4) is 0 Å². The number of sulfone groups is 1. The number of thioether (sulfide) groups is 1. The number of carbonyl (C=O) groups excluding carboxylic acids is 3. The van der Waals surface area contributed by atoms with E-state index in [0.717, 1.165) is 5.56 Å². The van der Waals surface area contributed by atoms with Crippen molar-refractivity contribution < 1.29 is 22.8 Å². The lowest BCUT2D eigenvalue weighted by Crippen LogP contribution is -2.49. The van der Waals surface area contributed by atoms with Gasteiger partial charge in [-0.2, -0.15) is 16.9 Å². The lowest BCUT2D eigenvalue weighted by atomic mass is 10.0. The molecule has 0 fully saturated rings. The van der Waals surface area contributed by atoms with E-state index >= 15 is 0 Å². The molecule has 45 heavy (non-hydrogen) atoms. The molecule has 1 aliphatic rings. The summed E-state index contributed by atoms with van der Waals surface area (Å²) in [5.41, 5.74) is 0.813. The molecule has 13 heteroatoms. The minimum atomic E-state index is -3.64. The summed E-state index contributed by atoms with van der Waals surface area (Å²) in [6.45, 7) is 4.71. The van der Waals surface area contributed by atoms with E-state index in [-0.39, 0.29) is 66.8 Å². The van der Waals surface area contributed by atoms with Gasteiger partial charge in [0.15, 0.2) is 21.5 Å². The molecule has 0 saturated heterocycles. The summed E-state index contributed by atoms with van der Waals surface area (Å²) < 4.78 is 27.5. The molecule has 4 rings (SSSR count). The molecule has 0 saturated carbocycles. The summed E-state index contributed by atoms with van der Waals surface area (Å²) in [7, 11) is -3.64. The summed E-state index contributed by atoms with van der Waals surface area (Å²) in [6, 6.07) is 16.4. The van der Waals surface area contributed by atoms with Crippen LogP contribution in [0.25, 0.3) is 11.4 Å². The lowest BCUT2D eigenvalue weighted by molar-refractivity contribution is -0.132. The third-order valence-corrected chi connectivity index (χ3v) is 10.1. The number of aromatic nitrogens is 3. The van der Waals surface area contributed by atoms with Gasteiger partial charge < -0.3 is 15.5 Å². The summed E-state index contributed by atoms with van der Waals surface area (Å²) in [5.74, 6) is 0.469. The predicted octanol–water partition coefficient (Wildman–Crippen LogP) is 3.48. The number of fused-ring (bicyclic) bond motifs is 1. The van der Waals surface area contributed by atoms with Gasteiger partial charge in [-0.3, -0.25) is 14.4 Å². The molecule has 0 spiro atoms. The fourth-order valence-corrected chi connectivity index (χ4v) is 6.87. The highest BCUT2D eigenvalue weighted by molar-refractivity contribution is 7.98. The molecule has 1 aromatic heterocycles. The van der Waals surface area contributed by atoms with E-state index in [2.05, 4.69) is 10.6 Å². The zero-order valence-electron chi connectivity index (χ0n) is 26.0. The number of benzene rings is 2. The van der Waals surface area contributed by atoms with Gasteiger partial charge in [-0.05, 0) is 42.9 Å². The zero-order valence-corrected chi connectivity index (χ0v) is 27.6. The maximum absolute atomic E-state index is 13.5. The van der Waals surface area contributed by atoms with E-state index in [1.807, 2.05) is 50.4 Å². The summed E-state index contributed by atoms with van der Waals surface area (Å²) >= 11 is 1.59. The third-order valence-electron chi connectivity index (χ3n) is 7.69. The van der Waals surface area contributed by atoms with Crippen LogP contribution in [-0.2, 0) is 30.8 Å². The highest BCUT2D eigenvalue weighted by Crippen LogP contribution is 2.25. The lowest BCUT2D eigenvalue weighted by Gasteiger charge is -2.28. The normalized spacial score (nSPS) is 18.5. The minimum Gasteiger partial charge on any atom is -0.344 e. The Morgan fingerprint density at radius 1 is 1.00 bits per heavy atom. The Hall–Kier alpha value is -3.71. The third kappa shape index (κ3) is 9.40. The van der Waals surface area contributed by atoms with Crippen molar-refractivity contribution in [2.45, 2.75) is 63.1 Å². The molecule has 0 radical (unpaired) electrons. The molecule has 0 unspecified atom stereocenters. The van der Waals surface area contributed by atoms with Gasteiger partial charge in [-0.15, -0.1) is 0 Å². The Kier molecular flexibility index (Phi) is 12.2.